The molecular weight excluding hydrogens is 408 g/mol. The van der Waals surface area contributed by atoms with E-state index in [0.717, 1.165) is 78.9 Å². The van der Waals surface area contributed by atoms with Crippen LogP contribution in [0.4, 0.5) is 0 Å². The Hall–Kier alpha value is -2.61. The molecule has 0 saturated carbocycles. The van der Waals surface area contributed by atoms with Gasteiger partial charge in [0.05, 0.1) is 19.8 Å². The van der Waals surface area contributed by atoms with Crippen LogP contribution in [0.15, 0.2) is 28.7 Å². The van der Waals surface area contributed by atoms with E-state index in [1.54, 1.807) is 0 Å². The molecule has 1 aromatic heterocycles. The summed E-state index contributed by atoms with van der Waals surface area (Å²) in [5, 5.41) is 2.81. The van der Waals surface area contributed by atoms with Gasteiger partial charge in [0.15, 0.2) is 0 Å². The van der Waals surface area contributed by atoms with E-state index in [-0.39, 0.29) is 5.97 Å². The van der Waals surface area contributed by atoms with E-state index in [9.17, 15) is 4.79 Å². The van der Waals surface area contributed by atoms with Crippen molar-refractivity contribution in [3.8, 4) is 5.75 Å². The first-order valence-electron chi connectivity index (χ1n) is 11.5. The van der Waals surface area contributed by atoms with Crippen LogP contribution >= 0.6 is 0 Å². The summed E-state index contributed by atoms with van der Waals surface area (Å²) in [7, 11) is 0. The minimum atomic E-state index is -0.342. The van der Waals surface area contributed by atoms with E-state index in [1.165, 1.54) is 0 Å². The molecule has 7 nitrogen and oxygen atoms in total. The van der Waals surface area contributed by atoms with Crippen molar-refractivity contribution in [3.05, 3.63) is 41.2 Å². The number of benzene rings is 2. The third-order valence-electron chi connectivity index (χ3n) is 6.38. The van der Waals surface area contributed by atoms with Crippen LogP contribution in [0.3, 0.4) is 0 Å². The van der Waals surface area contributed by atoms with Crippen molar-refractivity contribution in [3.63, 3.8) is 0 Å². The molecule has 0 unspecified atom stereocenters. The van der Waals surface area contributed by atoms with E-state index in [1.807, 2.05) is 32.0 Å². The summed E-state index contributed by atoms with van der Waals surface area (Å²) in [6.07, 6.45) is 1.06. The zero-order valence-corrected chi connectivity index (χ0v) is 18.8. The Morgan fingerprint density at radius 2 is 1.84 bits per heavy atom. The molecule has 0 spiro atoms. The molecule has 3 heterocycles. The lowest BCUT2D eigenvalue weighted by molar-refractivity contribution is 0.0331. The molecule has 2 aliphatic rings. The van der Waals surface area contributed by atoms with E-state index in [2.05, 4.69) is 15.9 Å². The minimum absolute atomic E-state index is 0.324. The molecule has 2 aliphatic heterocycles. The Labute approximate surface area is 187 Å². The van der Waals surface area contributed by atoms with Gasteiger partial charge in [-0.15, -0.1) is 0 Å². The van der Waals surface area contributed by atoms with Gasteiger partial charge < -0.3 is 18.6 Å². The van der Waals surface area contributed by atoms with Gasteiger partial charge >= 0.3 is 5.97 Å². The molecule has 0 amide bonds. The predicted octanol–water partition coefficient (Wildman–Crippen LogP) is 3.95. The molecule has 0 N–H and O–H groups in total. The second kappa shape index (κ2) is 9.10. The average molecular weight is 439 g/mol. The maximum absolute atomic E-state index is 12.8. The van der Waals surface area contributed by atoms with E-state index in [0.29, 0.717) is 31.2 Å². The number of ether oxygens (including phenoxy) is 3. The molecule has 7 heteroatoms. The van der Waals surface area contributed by atoms with Gasteiger partial charge in [-0.25, -0.2) is 4.79 Å². The maximum Gasteiger partial charge on any atom is 0.342 e. The highest BCUT2D eigenvalue weighted by Gasteiger charge is 2.30. The van der Waals surface area contributed by atoms with Crippen molar-refractivity contribution < 1.29 is 23.4 Å². The van der Waals surface area contributed by atoms with Crippen molar-refractivity contribution in [2.75, 3.05) is 52.7 Å². The summed E-state index contributed by atoms with van der Waals surface area (Å²) in [6.45, 7) is 10.9. The predicted molar refractivity (Wildman–Crippen MR) is 122 cm³/mol. The number of carbonyl (C=O) groups is 1. The Morgan fingerprint density at radius 1 is 1.09 bits per heavy atom. The van der Waals surface area contributed by atoms with Crippen LogP contribution in [0.5, 0.6) is 5.75 Å². The molecule has 0 bridgehead atoms. The number of carbonyl (C=O) groups excluding carboxylic acids is 1. The fourth-order valence-corrected chi connectivity index (χ4v) is 4.85. The Bertz CT molecular complexity index is 1130. The molecule has 5 rings (SSSR count). The smallest absolute Gasteiger partial charge is 0.342 e. The van der Waals surface area contributed by atoms with Crippen molar-refractivity contribution in [2.24, 2.45) is 0 Å². The highest BCUT2D eigenvalue weighted by atomic mass is 16.5. The second-order valence-corrected chi connectivity index (χ2v) is 8.44. The number of nitrogens with zero attached hydrogens (tertiary/aromatic N) is 2. The number of morpholine rings is 1. The van der Waals surface area contributed by atoms with Crippen molar-refractivity contribution in [1.29, 1.82) is 0 Å². The summed E-state index contributed by atoms with van der Waals surface area (Å²) >= 11 is 0. The van der Waals surface area contributed by atoms with Crippen LogP contribution in [0.1, 0.15) is 35.0 Å². The standard InChI is InChI=1S/C25H30N2O5/c1-3-30-25(28)21-17(2)32-24-19-8-5-4-7-18(19)23-20(22(21)24)15-27(16-31-23)10-6-9-26-11-13-29-14-12-26/h4-5,7-8H,3,6,9-16H2,1-2H3. The third-order valence-corrected chi connectivity index (χ3v) is 6.38. The van der Waals surface area contributed by atoms with Crippen LogP contribution in [-0.4, -0.2) is 68.5 Å². The van der Waals surface area contributed by atoms with Gasteiger partial charge in [0.1, 0.15) is 29.4 Å². The van der Waals surface area contributed by atoms with Crippen molar-refractivity contribution in [1.82, 2.24) is 9.80 Å². The molecule has 170 valence electrons. The molecule has 0 atom stereocenters. The highest BCUT2D eigenvalue weighted by molar-refractivity contribution is 6.16. The Morgan fingerprint density at radius 3 is 2.62 bits per heavy atom. The minimum Gasteiger partial charge on any atom is -0.477 e. The number of hydrogen-bond donors (Lipinski definition) is 0. The van der Waals surface area contributed by atoms with E-state index >= 15 is 0 Å². The summed E-state index contributed by atoms with van der Waals surface area (Å²) in [4.78, 5) is 17.6. The van der Waals surface area contributed by atoms with Gasteiger partial charge in [-0.2, -0.15) is 0 Å². The molecule has 3 aromatic rings. The van der Waals surface area contributed by atoms with E-state index < -0.39 is 0 Å². The molecule has 2 aromatic carbocycles. The van der Waals surface area contributed by atoms with Gasteiger partial charge in [0.2, 0.25) is 0 Å². The summed E-state index contributed by atoms with van der Waals surface area (Å²) in [6, 6.07) is 8.07. The average Bonchev–Trinajstić information content (AvgIpc) is 3.17. The molecule has 1 fully saturated rings. The van der Waals surface area contributed by atoms with Gasteiger partial charge in [-0.05, 0) is 26.8 Å². The largest absolute Gasteiger partial charge is 0.477 e. The van der Waals surface area contributed by atoms with Crippen LogP contribution < -0.4 is 4.74 Å². The first kappa shape index (κ1) is 21.2. The van der Waals surface area contributed by atoms with Gasteiger partial charge in [0, 0.05) is 47.9 Å². The zero-order chi connectivity index (χ0) is 22.1. The normalized spacial score (nSPS) is 17.4. The summed E-state index contributed by atoms with van der Waals surface area (Å²) in [5.74, 6) is 1.09. The second-order valence-electron chi connectivity index (χ2n) is 8.44. The number of fused-ring (bicyclic) bond motifs is 6. The van der Waals surface area contributed by atoms with Gasteiger partial charge in [0.25, 0.3) is 0 Å². The maximum atomic E-state index is 12.8. The quantitative estimate of drug-likeness (QED) is 0.540. The summed E-state index contributed by atoms with van der Waals surface area (Å²) in [5.41, 5.74) is 2.26. The Kier molecular flexibility index (Phi) is 6.04. The lowest BCUT2D eigenvalue weighted by Crippen LogP contribution is -2.39. The lowest BCUT2D eigenvalue weighted by atomic mass is 9.96. The van der Waals surface area contributed by atoms with Crippen LogP contribution in [0.2, 0.25) is 0 Å². The SMILES string of the molecule is CCOC(=O)c1c(C)oc2c1c1c(c3ccccc32)OCN(CCCN2CCOCC2)C1. The van der Waals surface area contributed by atoms with Crippen molar-refractivity contribution >= 4 is 27.7 Å². The van der Waals surface area contributed by atoms with Crippen LogP contribution in [0, 0.1) is 6.92 Å². The van der Waals surface area contributed by atoms with Gasteiger partial charge in [-0.3, -0.25) is 9.80 Å². The van der Waals surface area contributed by atoms with Crippen LogP contribution in [0.25, 0.3) is 21.7 Å². The van der Waals surface area contributed by atoms with Gasteiger partial charge in [-0.1, -0.05) is 24.3 Å². The lowest BCUT2D eigenvalue weighted by Gasteiger charge is -2.32. The first-order chi connectivity index (χ1) is 15.7. The molecule has 32 heavy (non-hydrogen) atoms. The third kappa shape index (κ3) is 3.85. The Balaban J connectivity index is 1.49. The molecule has 0 radical (unpaired) electrons. The van der Waals surface area contributed by atoms with Crippen molar-refractivity contribution in [2.45, 2.75) is 26.8 Å². The highest BCUT2D eigenvalue weighted by Crippen LogP contribution is 2.44. The summed E-state index contributed by atoms with van der Waals surface area (Å²) < 4.78 is 23.3. The monoisotopic (exact) mass is 438 g/mol. The fourth-order valence-electron chi connectivity index (χ4n) is 4.85. The molecular formula is C25H30N2O5. The number of rotatable bonds is 6. The number of hydrogen-bond acceptors (Lipinski definition) is 7. The van der Waals surface area contributed by atoms with E-state index in [4.69, 9.17) is 18.6 Å². The van der Waals surface area contributed by atoms with Crippen LogP contribution in [-0.2, 0) is 16.0 Å². The first-order valence-corrected chi connectivity index (χ1v) is 11.5. The topological polar surface area (TPSA) is 64.4 Å². The number of esters is 1. The number of aryl methyl sites for hydroxylation is 1. The zero-order valence-electron chi connectivity index (χ0n) is 18.8. The molecule has 0 aliphatic carbocycles. The fraction of sp³-hybridized carbons (Fsp3) is 0.480. The molecule has 1 saturated heterocycles. The number of furan rings is 1.